The van der Waals surface area contributed by atoms with Gasteiger partial charge in [-0.3, -0.25) is 4.99 Å². The molecule has 0 radical (unpaired) electrons. The molecule has 0 aliphatic carbocycles. The van der Waals surface area contributed by atoms with Crippen LogP contribution >= 0.6 is 0 Å². The molecule has 5 heteroatoms. The predicted molar refractivity (Wildman–Crippen MR) is 81.3 cm³/mol. The van der Waals surface area contributed by atoms with E-state index < -0.39 is 0 Å². The minimum atomic E-state index is 0.0598. The fourth-order valence-corrected chi connectivity index (χ4v) is 2.49. The molecule has 0 bridgehead atoms. The summed E-state index contributed by atoms with van der Waals surface area (Å²) in [5.41, 5.74) is 1.16. The maximum atomic E-state index is 5.85. The first kappa shape index (κ1) is 13.5. The zero-order chi connectivity index (χ0) is 14.7. The number of furan rings is 1. The molecule has 0 saturated heterocycles. The summed E-state index contributed by atoms with van der Waals surface area (Å²) in [4.78, 5) is 4.26. The molecule has 1 aliphatic rings. The Hall–Kier alpha value is -2.43. The molecule has 2 unspecified atom stereocenters. The smallest absolute Gasteiger partial charge is 0.191 e. The topological polar surface area (TPSA) is 58.8 Å². The van der Waals surface area contributed by atoms with Gasteiger partial charge in [-0.2, -0.15) is 0 Å². The number of fused-ring (bicyclic) bond motifs is 1. The summed E-state index contributed by atoms with van der Waals surface area (Å²) in [7, 11) is 1.75. The quantitative estimate of drug-likeness (QED) is 0.672. The second kappa shape index (κ2) is 5.91. The van der Waals surface area contributed by atoms with Crippen LogP contribution in [0.1, 0.15) is 24.3 Å². The van der Waals surface area contributed by atoms with E-state index in [9.17, 15) is 0 Å². The summed E-state index contributed by atoms with van der Waals surface area (Å²) in [5, 5.41) is 6.65. The average molecular weight is 285 g/mol. The number of hydrogen-bond acceptors (Lipinski definition) is 3. The normalized spacial score (nSPS) is 20.8. The van der Waals surface area contributed by atoms with E-state index in [-0.39, 0.29) is 12.1 Å². The molecule has 0 fully saturated rings. The number of para-hydroxylation sites is 1. The summed E-state index contributed by atoms with van der Waals surface area (Å²) in [6.45, 7) is 2.65. The number of ether oxygens (including phenoxy) is 1. The van der Waals surface area contributed by atoms with Gasteiger partial charge < -0.3 is 19.8 Å². The van der Waals surface area contributed by atoms with Gasteiger partial charge in [-0.15, -0.1) is 0 Å². The van der Waals surface area contributed by atoms with Crippen molar-refractivity contribution in [2.75, 3.05) is 7.05 Å². The Labute approximate surface area is 124 Å². The Kier molecular flexibility index (Phi) is 3.81. The van der Waals surface area contributed by atoms with Gasteiger partial charge in [0.05, 0.1) is 18.8 Å². The molecular weight excluding hydrogens is 266 g/mol. The second-order valence-corrected chi connectivity index (χ2v) is 4.99. The van der Waals surface area contributed by atoms with Gasteiger partial charge in [0, 0.05) is 12.6 Å². The van der Waals surface area contributed by atoms with Crippen LogP contribution in [0.5, 0.6) is 5.75 Å². The van der Waals surface area contributed by atoms with E-state index in [0.717, 1.165) is 23.0 Å². The van der Waals surface area contributed by atoms with Crippen LogP contribution in [0.25, 0.3) is 0 Å². The van der Waals surface area contributed by atoms with Crippen LogP contribution in [0.15, 0.2) is 52.1 Å². The van der Waals surface area contributed by atoms with Gasteiger partial charge >= 0.3 is 0 Å². The monoisotopic (exact) mass is 285 g/mol. The van der Waals surface area contributed by atoms with E-state index in [4.69, 9.17) is 9.15 Å². The van der Waals surface area contributed by atoms with Crippen molar-refractivity contribution in [3.05, 3.63) is 54.0 Å². The van der Waals surface area contributed by atoms with Crippen LogP contribution in [0, 0.1) is 0 Å². The Bertz CT molecular complexity index is 622. The van der Waals surface area contributed by atoms with Crippen molar-refractivity contribution in [2.24, 2.45) is 4.99 Å². The van der Waals surface area contributed by atoms with Crippen molar-refractivity contribution >= 4 is 5.96 Å². The van der Waals surface area contributed by atoms with Gasteiger partial charge in [0.2, 0.25) is 0 Å². The van der Waals surface area contributed by atoms with Crippen molar-refractivity contribution in [3.8, 4) is 5.75 Å². The highest BCUT2D eigenvalue weighted by atomic mass is 16.5. The summed E-state index contributed by atoms with van der Waals surface area (Å²) >= 11 is 0. The molecule has 3 rings (SSSR count). The van der Waals surface area contributed by atoms with Gasteiger partial charge in [-0.05, 0) is 25.1 Å². The molecule has 0 spiro atoms. The van der Waals surface area contributed by atoms with Crippen LogP contribution in [-0.4, -0.2) is 19.1 Å². The minimum absolute atomic E-state index is 0.0598. The van der Waals surface area contributed by atoms with Crippen LogP contribution in [0.4, 0.5) is 0 Å². The molecule has 0 saturated carbocycles. The van der Waals surface area contributed by atoms with E-state index in [0.29, 0.717) is 6.54 Å². The summed E-state index contributed by atoms with van der Waals surface area (Å²) in [6, 6.07) is 12.0. The number of nitrogens with one attached hydrogen (secondary N) is 2. The van der Waals surface area contributed by atoms with Crippen molar-refractivity contribution in [1.29, 1.82) is 0 Å². The van der Waals surface area contributed by atoms with Gasteiger partial charge in [-0.1, -0.05) is 18.2 Å². The number of rotatable bonds is 3. The number of benzene rings is 1. The first-order chi connectivity index (χ1) is 10.3. The molecule has 21 heavy (non-hydrogen) atoms. The van der Waals surface area contributed by atoms with Crippen LogP contribution in [0.2, 0.25) is 0 Å². The summed E-state index contributed by atoms with van der Waals surface area (Å²) in [5.74, 6) is 2.53. The molecule has 1 aromatic carbocycles. The lowest BCUT2D eigenvalue weighted by Gasteiger charge is -2.19. The van der Waals surface area contributed by atoms with Crippen LogP contribution < -0.4 is 15.4 Å². The second-order valence-electron chi connectivity index (χ2n) is 4.99. The number of hydrogen-bond donors (Lipinski definition) is 2. The molecule has 1 aromatic heterocycles. The van der Waals surface area contributed by atoms with E-state index in [1.165, 1.54) is 0 Å². The van der Waals surface area contributed by atoms with Gasteiger partial charge in [0.15, 0.2) is 5.96 Å². The lowest BCUT2D eigenvalue weighted by molar-refractivity contribution is 0.219. The highest BCUT2D eigenvalue weighted by Gasteiger charge is 2.31. The van der Waals surface area contributed by atoms with Crippen molar-refractivity contribution in [1.82, 2.24) is 10.6 Å². The molecular formula is C16H19N3O2. The Morgan fingerprint density at radius 2 is 2.10 bits per heavy atom. The number of nitrogens with zero attached hydrogens (tertiary/aromatic N) is 1. The largest absolute Gasteiger partial charge is 0.488 e. The Morgan fingerprint density at radius 1 is 1.24 bits per heavy atom. The summed E-state index contributed by atoms with van der Waals surface area (Å²) in [6.07, 6.45) is 1.72. The van der Waals surface area contributed by atoms with Gasteiger partial charge in [0.25, 0.3) is 0 Å². The third-order valence-corrected chi connectivity index (χ3v) is 3.56. The van der Waals surface area contributed by atoms with Crippen molar-refractivity contribution in [2.45, 2.75) is 25.6 Å². The number of guanidine groups is 1. The van der Waals surface area contributed by atoms with Gasteiger partial charge in [-0.25, -0.2) is 0 Å². The third-order valence-electron chi connectivity index (χ3n) is 3.56. The predicted octanol–water partition coefficient (Wildman–Crippen LogP) is 2.47. The van der Waals surface area contributed by atoms with E-state index >= 15 is 0 Å². The number of aliphatic imine (C=N–C) groups is 1. The molecule has 110 valence electrons. The van der Waals surface area contributed by atoms with Crippen molar-refractivity contribution < 1.29 is 9.15 Å². The lowest BCUT2D eigenvalue weighted by atomic mass is 10.1. The molecule has 2 heterocycles. The molecule has 2 N–H and O–H groups in total. The fraction of sp³-hybridized carbons (Fsp3) is 0.312. The SMILES string of the molecule is CN=C(NCc1ccco1)NC1c2ccccc2OC1C. The molecule has 2 atom stereocenters. The maximum Gasteiger partial charge on any atom is 0.191 e. The molecule has 0 amide bonds. The Morgan fingerprint density at radius 3 is 2.86 bits per heavy atom. The van der Waals surface area contributed by atoms with E-state index in [2.05, 4.69) is 28.6 Å². The van der Waals surface area contributed by atoms with Crippen molar-refractivity contribution in [3.63, 3.8) is 0 Å². The maximum absolute atomic E-state index is 5.85. The highest BCUT2D eigenvalue weighted by molar-refractivity contribution is 5.80. The first-order valence-corrected chi connectivity index (χ1v) is 7.03. The van der Waals surface area contributed by atoms with Crippen LogP contribution in [-0.2, 0) is 6.54 Å². The molecule has 1 aliphatic heterocycles. The molecule has 2 aromatic rings. The minimum Gasteiger partial charge on any atom is -0.488 e. The standard InChI is InChI=1S/C16H19N3O2/c1-11-15(13-7-3-4-8-14(13)21-11)19-16(17-2)18-10-12-6-5-9-20-12/h3-9,11,15H,10H2,1-2H3,(H2,17,18,19). The lowest BCUT2D eigenvalue weighted by Crippen LogP contribution is -2.41. The molecule has 5 nitrogen and oxygen atoms in total. The summed E-state index contributed by atoms with van der Waals surface area (Å²) < 4.78 is 11.2. The zero-order valence-electron chi connectivity index (χ0n) is 12.2. The van der Waals surface area contributed by atoms with E-state index in [1.54, 1.807) is 13.3 Å². The van der Waals surface area contributed by atoms with Crippen LogP contribution in [0.3, 0.4) is 0 Å². The van der Waals surface area contributed by atoms with E-state index in [1.807, 2.05) is 30.3 Å². The van der Waals surface area contributed by atoms with Gasteiger partial charge in [0.1, 0.15) is 17.6 Å². The Balaban J connectivity index is 1.67. The first-order valence-electron chi connectivity index (χ1n) is 7.03. The highest BCUT2D eigenvalue weighted by Crippen LogP contribution is 2.35. The fourth-order valence-electron chi connectivity index (χ4n) is 2.49. The third kappa shape index (κ3) is 2.86. The zero-order valence-corrected chi connectivity index (χ0v) is 12.2. The average Bonchev–Trinajstić information content (AvgIpc) is 3.11.